The maximum atomic E-state index is 12.7. The van der Waals surface area contributed by atoms with Gasteiger partial charge < -0.3 is 0 Å². The van der Waals surface area contributed by atoms with Gasteiger partial charge in [-0.05, 0) is 35.4 Å². The molecule has 80 valence electrons. The van der Waals surface area contributed by atoms with Crippen LogP contribution in [0, 0.1) is 5.82 Å². The fraction of sp³-hybridized carbons (Fsp3) is 0. The van der Waals surface area contributed by atoms with Gasteiger partial charge in [0.15, 0.2) is 6.29 Å². The first-order valence-corrected chi connectivity index (χ1v) is 5.09. The van der Waals surface area contributed by atoms with E-state index in [1.807, 2.05) is 0 Å². The van der Waals surface area contributed by atoms with Crippen LogP contribution >= 0.6 is 11.6 Å². The minimum absolute atomic E-state index is 0.284. The molecule has 0 N–H and O–H groups in total. The molecule has 0 spiro atoms. The second-order valence-corrected chi connectivity index (χ2v) is 3.77. The molecule has 1 nitrogen and oxygen atoms in total. The Morgan fingerprint density at radius 2 is 1.62 bits per heavy atom. The minimum atomic E-state index is -0.284. The normalized spacial score (nSPS) is 10.1. The first-order chi connectivity index (χ1) is 7.70. The number of hydrogen-bond donors (Lipinski definition) is 0. The standard InChI is InChI=1S/C13H8ClFO/c14-13-6-3-10(7-11(13)8-16)9-1-4-12(15)5-2-9/h1-8H. The molecule has 2 rings (SSSR count). The van der Waals surface area contributed by atoms with Gasteiger partial charge >= 0.3 is 0 Å². The van der Waals surface area contributed by atoms with Gasteiger partial charge in [-0.1, -0.05) is 29.8 Å². The van der Waals surface area contributed by atoms with E-state index in [9.17, 15) is 9.18 Å². The number of carbonyl (C=O) groups is 1. The molecule has 0 saturated heterocycles. The Bertz CT molecular complexity index is 520. The number of aldehydes is 1. The number of carbonyl (C=O) groups excluding carboxylic acids is 1. The summed E-state index contributed by atoms with van der Waals surface area (Å²) in [4.78, 5) is 10.7. The van der Waals surface area contributed by atoms with E-state index in [1.165, 1.54) is 12.1 Å². The summed E-state index contributed by atoms with van der Waals surface area (Å²) in [6.07, 6.45) is 0.704. The summed E-state index contributed by atoms with van der Waals surface area (Å²) in [5.74, 6) is -0.284. The highest BCUT2D eigenvalue weighted by Gasteiger charge is 2.03. The quantitative estimate of drug-likeness (QED) is 0.719. The van der Waals surface area contributed by atoms with Crippen LogP contribution in [0.15, 0.2) is 42.5 Å². The molecule has 0 aliphatic heterocycles. The minimum Gasteiger partial charge on any atom is -0.298 e. The van der Waals surface area contributed by atoms with Crippen LogP contribution in [0.5, 0.6) is 0 Å². The van der Waals surface area contributed by atoms with Crippen molar-refractivity contribution in [3.05, 3.63) is 58.9 Å². The maximum Gasteiger partial charge on any atom is 0.151 e. The Kier molecular flexibility index (Phi) is 3.02. The Balaban J connectivity index is 2.48. The third kappa shape index (κ3) is 2.12. The molecule has 0 unspecified atom stereocenters. The van der Waals surface area contributed by atoms with Crippen molar-refractivity contribution in [2.45, 2.75) is 0 Å². The first kappa shape index (κ1) is 10.8. The van der Waals surface area contributed by atoms with Crippen molar-refractivity contribution in [2.24, 2.45) is 0 Å². The Labute approximate surface area is 97.5 Å². The van der Waals surface area contributed by atoms with E-state index < -0.39 is 0 Å². The van der Waals surface area contributed by atoms with Crippen molar-refractivity contribution in [3.8, 4) is 11.1 Å². The monoisotopic (exact) mass is 234 g/mol. The summed E-state index contributed by atoms with van der Waals surface area (Å²) in [5.41, 5.74) is 2.12. The third-order valence-corrected chi connectivity index (χ3v) is 2.64. The van der Waals surface area contributed by atoms with E-state index in [1.54, 1.807) is 30.3 Å². The molecule has 0 aliphatic carbocycles. The van der Waals surface area contributed by atoms with Crippen molar-refractivity contribution in [3.63, 3.8) is 0 Å². The van der Waals surface area contributed by atoms with Crippen LogP contribution in [0.4, 0.5) is 4.39 Å². The smallest absolute Gasteiger partial charge is 0.151 e. The third-order valence-electron chi connectivity index (χ3n) is 2.30. The van der Waals surface area contributed by atoms with E-state index in [-0.39, 0.29) is 5.82 Å². The molecule has 0 bridgehead atoms. The Hall–Kier alpha value is -1.67. The van der Waals surface area contributed by atoms with Crippen molar-refractivity contribution < 1.29 is 9.18 Å². The van der Waals surface area contributed by atoms with E-state index in [2.05, 4.69) is 0 Å². The lowest BCUT2D eigenvalue weighted by Crippen LogP contribution is -1.85. The van der Waals surface area contributed by atoms with Crippen LogP contribution in [0.3, 0.4) is 0 Å². The second-order valence-electron chi connectivity index (χ2n) is 3.36. The lowest BCUT2D eigenvalue weighted by molar-refractivity contribution is 0.112. The summed E-state index contributed by atoms with van der Waals surface area (Å²) in [7, 11) is 0. The van der Waals surface area contributed by atoms with Gasteiger partial charge in [0.05, 0.1) is 5.02 Å². The summed E-state index contributed by atoms with van der Waals surface area (Å²) in [6.45, 7) is 0. The van der Waals surface area contributed by atoms with Gasteiger partial charge in [-0.3, -0.25) is 4.79 Å². The molecule has 0 fully saturated rings. The SMILES string of the molecule is O=Cc1cc(-c2ccc(F)cc2)ccc1Cl. The highest BCUT2D eigenvalue weighted by molar-refractivity contribution is 6.33. The van der Waals surface area contributed by atoms with Gasteiger partial charge in [0.25, 0.3) is 0 Å². The van der Waals surface area contributed by atoms with Crippen molar-refractivity contribution in [2.75, 3.05) is 0 Å². The zero-order chi connectivity index (χ0) is 11.5. The Morgan fingerprint density at radius 1 is 1.00 bits per heavy atom. The molecular formula is C13H8ClFO. The van der Waals surface area contributed by atoms with E-state index in [0.29, 0.717) is 16.9 Å². The molecule has 2 aromatic carbocycles. The van der Waals surface area contributed by atoms with Crippen LogP contribution in [0.1, 0.15) is 10.4 Å². The summed E-state index contributed by atoms with van der Waals surface area (Å²) < 4.78 is 12.7. The molecule has 0 atom stereocenters. The fourth-order valence-electron chi connectivity index (χ4n) is 1.46. The molecule has 0 heterocycles. The lowest BCUT2D eigenvalue weighted by atomic mass is 10.0. The predicted octanol–water partition coefficient (Wildman–Crippen LogP) is 3.96. The van der Waals surface area contributed by atoms with E-state index >= 15 is 0 Å². The molecular weight excluding hydrogens is 227 g/mol. The topological polar surface area (TPSA) is 17.1 Å². The molecule has 3 heteroatoms. The predicted molar refractivity (Wildman–Crippen MR) is 62.2 cm³/mol. The van der Waals surface area contributed by atoms with Gasteiger partial charge in [0, 0.05) is 5.56 Å². The molecule has 0 amide bonds. The van der Waals surface area contributed by atoms with Gasteiger partial charge in [0.1, 0.15) is 5.82 Å². The van der Waals surface area contributed by atoms with Gasteiger partial charge in [-0.2, -0.15) is 0 Å². The summed E-state index contributed by atoms with van der Waals surface area (Å²) in [6, 6.07) is 11.2. The van der Waals surface area contributed by atoms with Crippen molar-refractivity contribution >= 4 is 17.9 Å². The zero-order valence-corrected chi connectivity index (χ0v) is 9.04. The molecule has 0 aromatic heterocycles. The van der Waals surface area contributed by atoms with Gasteiger partial charge in [-0.25, -0.2) is 4.39 Å². The molecule has 2 aromatic rings. The second kappa shape index (κ2) is 4.45. The van der Waals surface area contributed by atoms with Crippen LogP contribution < -0.4 is 0 Å². The van der Waals surface area contributed by atoms with Crippen LogP contribution in [-0.2, 0) is 0 Å². The molecule has 16 heavy (non-hydrogen) atoms. The van der Waals surface area contributed by atoms with Gasteiger partial charge in [0.2, 0.25) is 0 Å². The maximum absolute atomic E-state index is 12.7. The highest BCUT2D eigenvalue weighted by Crippen LogP contribution is 2.24. The average Bonchev–Trinajstić information content (AvgIpc) is 2.31. The molecule has 0 saturated carbocycles. The lowest BCUT2D eigenvalue weighted by Gasteiger charge is -2.03. The Morgan fingerprint density at radius 3 is 2.25 bits per heavy atom. The highest BCUT2D eigenvalue weighted by atomic mass is 35.5. The van der Waals surface area contributed by atoms with E-state index in [0.717, 1.165) is 11.1 Å². The largest absolute Gasteiger partial charge is 0.298 e. The summed E-state index contributed by atoms with van der Waals surface area (Å²) >= 11 is 5.82. The average molecular weight is 235 g/mol. The fourth-order valence-corrected chi connectivity index (χ4v) is 1.62. The number of hydrogen-bond acceptors (Lipinski definition) is 1. The number of benzene rings is 2. The van der Waals surface area contributed by atoms with Crippen LogP contribution in [0.25, 0.3) is 11.1 Å². The number of halogens is 2. The number of rotatable bonds is 2. The van der Waals surface area contributed by atoms with Crippen molar-refractivity contribution in [1.29, 1.82) is 0 Å². The van der Waals surface area contributed by atoms with E-state index in [4.69, 9.17) is 11.6 Å². The zero-order valence-electron chi connectivity index (χ0n) is 8.28. The summed E-state index contributed by atoms with van der Waals surface area (Å²) in [5, 5.41) is 0.417. The molecule has 0 radical (unpaired) electrons. The van der Waals surface area contributed by atoms with Crippen LogP contribution in [0.2, 0.25) is 5.02 Å². The molecule has 0 aliphatic rings. The first-order valence-electron chi connectivity index (χ1n) is 4.71. The van der Waals surface area contributed by atoms with Crippen molar-refractivity contribution in [1.82, 2.24) is 0 Å². The van der Waals surface area contributed by atoms with Crippen LogP contribution in [-0.4, -0.2) is 6.29 Å². The van der Waals surface area contributed by atoms with Gasteiger partial charge in [-0.15, -0.1) is 0 Å².